The molecule has 5 nitrogen and oxygen atoms in total. The highest BCUT2D eigenvalue weighted by Crippen LogP contribution is 2.32. The molecule has 1 fully saturated rings. The van der Waals surface area contributed by atoms with E-state index in [2.05, 4.69) is 16.1 Å². The van der Waals surface area contributed by atoms with Crippen molar-refractivity contribution in [2.24, 2.45) is 11.8 Å². The molecule has 1 aromatic carbocycles. The molecule has 2 aliphatic rings. The molecule has 0 atom stereocenters. The van der Waals surface area contributed by atoms with E-state index in [0.29, 0.717) is 16.7 Å². The smallest absolute Gasteiger partial charge is 0.250 e. The number of benzene rings is 1. The second-order valence-corrected chi connectivity index (χ2v) is 11.1. The van der Waals surface area contributed by atoms with Crippen LogP contribution in [0.3, 0.4) is 0 Å². The van der Waals surface area contributed by atoms with Crippen LogP contribution in [-0.4, -0.2) is 20.9 Å². The summed E-state index contributed by atoms with van der Waals surface area (Å²) < 4.78 is 27.6. The van der Waals surface area contributed by atoms with Gasteiger partial charge in [-0.2, -0.15) is 0 Å². The van der Waals surface area contributed by atoms with Gasteiger partial charge >= 0.3 is 0 Å². The topological polar surface area (TPSA) is 75.3 Å². The van der Waals surface area contributed by atoms with Crippen molar-refractivity contribution in [3.8, 4) is 0 Å². The second-order valence-electron chi connectivity index (χ2n) is 8.14. The molecule has 0 bridgehead atoms. The summed E-state index contributed by atoms with van der Waals surface area (Å²) in [7, 11) is -3.41. The van der Waals surface area contributed by atoms with E-state index in [1.54, 1.807) is 17.5 Å². The van der Waals surface area contributed by atoms with Gasteiger partial charge in [0.25, 0.3) is 0 Å². The summed E-state index contributed by atoms with van der Waals surface area (Å²) in [5.41, 5.74) is 3.66. The number of hydrogen-bond donors (Lipinski definition) is 2. The number of carbonyl (C=O) groups excluding carboxylic acids is 1. The van der Waals surface area contributed by atoms with Gasteiger partial charge in [0.2, 0.25) is 15.9 Å². The first-order chi connectivity index (χ1) is 14.0. The zero-order chi connectivity index (χ0) is 20.3. The van der Waals surface area contributed by atoms with Crippen LogP contribution in [0.1, 0.15) is 49.7 Å². The van der Waals surface area contributed by atoms with Gasteiger partial charge < -0.3 is 5.32 Å². The Bertz CT molecular complexity index is 946. The van der Waals surface area contributed by atoms with Crippen molar-refractivity contribution in [1.29, 1.82) is 0 Å². The Kier molecular flexibility index (Phi) is 6.37. The maximum Gasteiger partial charge on any atom is 0.250 e. The Morgan fingerprint density at radius 1 is 1.03 bits per heavy atom. The first-order valence-electron chi connectivity index (χ1n) is 10.5. The van der Waals surface area contributed by atoms with Gasteiger partial charge in [0.05, 0.1) is 0 Å². The van der Waals surface area contributed by atoms with E-state index in [0.717, 1.165) is 44.2 Å². The number of amides is 1. The average molecular weight is 433 g/mol. The van der Waals surface area contributed by atoms with Crippen molar-refractivity contribution >= 4 is 33.0 Å². The number of carbonyl (C=O) groups is 1. The molecule has 29 heavy (non-hydrogen) atoms. The highest BCUT2D eigenvalue weighted by atomic mass is 32.2. The van der Waals surface area contributed by atoms with Crippen LogP contribution in [0.15, 0.2) is 39.9 Å². The van der Waals surface area contributed by atoms with Crippen molar-refractivity contribution in [3.05, 3.63) is 46.8 Å². The lowest BCUT2D eigenvalue weighted by Crippen LogP contribution is -2.33. The molecule has 1 amide bonds. The Labute approximate surface area is 177 Å². The number of sulfonamides is 1. The molecular weight excluding hydrogens is 404 g/mol. The van der Waals surface area contributed by atoms with Gasteiger partial charge in [0.15, 0.2) is 0 Å². The van der Waals surface area contributed by atoms with Crippen LogP contribution in [0.4, 0.5) is 5.69 Å². The third-order valence-electron chi connectivity index (χ3n) is 6.19. The number of thiophene rings is 1. The normalized spacial score (nSPS) is 22.1. The van der Waals surface area contributed by atoms with E-state index in [1.807, 2.05) is 12.1 Å². The molecule has 7 heteroatoms. The molecule has 1 saturated carbocycles. The van der Waals surface area contributed by atoms with Crippen LogP contribution < -0.4 is 10.0 Å². The third-order valence-corrected chi connectivity index (χ3v) is 9.01. The van der Waals surface area contributed by atoms with Crippen molar-refractivity contribution in [1.82, 2.24) is 4.72 Å². The van der Waals surface area contributed by atoms with Crippen LogP contribution >= 0.6 is 11.3 Å². The van der Waals surface area contributed by atoms with Gasteiger partial charge in [-0.1, -0.05) is 18.2 Å². The molecular formula is C22H28N2O3S2. The lowest BCUT2D eigenvalue weighted by molar-refractivity contribution is -0.121. The quantitative estimate of drug-likeness (QED) is 0.713. The number of rotatable bonds is 6. The predicted molar refractivity (Wildman–Crippen MR) is 117 cm³/mol. The molecule has 2 aromatic rings. The van der Waals surface area contributed by atoms with Crippen LogP contribution in [-0.2, 0) is 27.7 Å². The van der Waals surface area contributed by atoms with E-state index in [1.165, 1.54) is 35.3 Å². The van der Waals surface area contributed by atoms with Crippen molar-refractivity contribution in [2.75, 3.05) is 11.9 Å². The van der Waals surface area contributed by atoms with Crippen LogP contribution in [0.5, 0.6) is 0 Å². The minimum atomic E-state index is -3.41. The average Bonchev–Trinajstić information content (AvgIpc) is 3.29. The lowest BCUT2D eigenvalue weighted by atomic mass is 9.81. The molecule has 156 valence electrons. The summed E-state index contributed by atoms with van der Waals surface area (Å²) in [5.74, 6) is 0.416. The molecule has 0 aliphatic heterocycles. The van der Waals surface area contributed by atoms with Gasteiger partial charge in [-0.25, -0.2) is 13.1 Å². The summed E-state index contributed by atoms with van der Waals surface area (Å²) in [6, 6.07) is 9.60. The minimum absolute atomic E-state index is 0.0135. The fourth-order valence-electron chi connectivity index (χ4n) is 4.48. The summed E-state index contributed by atoms with van der Waals surface area (Å²) >= 11 is 1.23. The van der Waals surface area contributed by atoms with Crippen molar-refractivity contribution < 1.29 is 13.2 Å². The molecule has 0 saturated heterocycles. The molecule has 0 spiro atoms. The standard InChI is InChI=1S/C22H28N2O3S2/c25-22(24-20-8-3-6-17-5-1-2-7-19(17)20)18-12-10-16(11-13-18)15-23-29(26,27)21-9-4-14-28-21/h3-4,6,8-9,14,16,18,23H,1-2,5,7,10-13,15H2,(H,24,25). The second kappa shape index (κ2) is 8.98. The Balaban J connectivity index is 1.28. The highest BCUT2D eigenvalue weighted by Gasteiger charge is 2.28. The molecule has 4 rings (SSSR count). The van der Waals surface area contributed by atoms with E-state index < -0.39 is 10.0 Å². The van der Waals surface area contributed by atoms with Crippen molar-refractivity contribution in [2.45, 2.75) is 55.6 Å². The van der Waals surface area contributed by atoms with Crippen LogP contribution in [0, 0.1) is 11.8 Å². The van der Waals surface area contributed by atoms with E-state index >= 15 is 0 Å². The first-order valence-corrected chi connectivity index (χ1v) is 12.8. The largest absolute Gasteiger partial charge is 0.326 e. The number of nitrogens with one attached hydrogen (secondary N) is 2. The SMILES string of the molecule is O=C(Nc1cccc2c1CCCC2)C1CCC(CNS(=O)(=O)c2cccs2)CC1. The van der Waals surface area contributed by atoms with Crippen molar-refractivity contribution in [3.63, 3.8) is 0 Å². The zero-order valence-corrected chi connectivity index (χ0v) is 18.2. The number of fused-ring (bicyclic) bond motifs is 1. The monoisotopic (exact) mass is 432 g/mol. The van der Waals surface area contributed by atoms with Gasteiger partial charge in [0, 0.05) is 18.2 Å². The maximum absolute atomic E-state index is 12.8. The highest BCUT2D eigenvalue weighted by molar-refractivity contribution is 7.91. The Morgan fingerprint density at radius 3 is 2.59 bits per heavy atom. The number of anilines is 1. The van der Waals surface area contributed by atoms with Gasteiger partial charge in [0.1, 0.15) is 4.21 Å². The lowest BCUT2D eigenvalue weighted by Gasteiger charge is -2.28. The zero-order valence-electron chi connectivity index (χ0n) is 16.5. The van der Waals surface area contributed by atoms with E-state index in [9.17, 15) is 13.2 Å². The summed E-state index contributed by atoms with van der Waals surface area (Å²) in [6.45, 7) is 0.445. The van der Waals surface area contributed by atoms with E-state index in [-0.39, 0.29) is 11.8 Å². The minimum Gasteiger partial charge on any atom is -0.326 e. The van der Waals surface area contributed by atoms with Gasteiger partial charge in [-0.15, -0.1) is 11.3 Å². The fourth-order valence-corrected chi connectivity index (χ4v) is 6.63. The Morgan fingerprint density at radius 2 is 1.83 bits per heavy atom. The fraction of sp³-hybridized carbons (Fsp3) is 0.500. The first kappa shape index (κ1) is 20.6. The van der Waals surface area contributed by atoms with Crippen LogP contribution in [0.25, 0.3) is 0 Å². The summed E-state index contributed by atoms with van der Waals surface area (Å²) in [4.78, 5) is 12.8. The predicted octanol–water partition coefficient (Wildman–Crippen LogP) is 4.35. The van der Waals surface area contributed by atoms with Gasteiger partial charge in [-0.05, 0) is 85.9 Å². The van der Waals surface area contributed by atoms with Crippen LogP contribution in [0.2, 0.25) is 0 Å². The molecule has 2 aliphatic carbocycles. The number of hydrogen-bond acceptors (Lipinski definition) is 4. The molecule has 0 unspecified atom stereocenters. The molecule has 0 radical (unpaired) electrons. The molecule has 1 aromatic heterocycles. The molecule has 1 heterocycles. The van der Waals surface area contributed by atoms with E-state index in [4.69, 9.17) is 0 Å². The summed E-state index contributed by atoms with van der Waals surface area (Å²) in [6.07, 6.45) is 7.93. The van der Waals surface area contributed by atoms with Gasteiger partial charge in [-0.3, -0.25) is 4.79 Å². The maximum atomic E-state index is 12.8. The molecule has 2 N–H and O–H groups in total. The third kappa shape index (κ3) is 4.90. The Hall–Kier alpha value is -1.70. The number of aryl methyl sites for hydroxylation is 1. The summed E-state index contributed by atoms with van der Waals surface area (Å²) in [5, 5.41) is 4.95.